The Bertz CT molecular complexity index is 631. The fourth-order valence-corrected chi connectivity index (χ4v) is 2.39. The molecule has 1 aromatic carbocycles. The number of benzene rings is 1. The van der Waals surface area contributed by atoms with Crippen LogP contribution >= 0.6 is 0 Å². The standard InChI is InChI=1S/C14H13FN2O4/c15-9-2-3-10-11(6-9)13(21)17(12(10)20)14(7-16,8-19)4-1-5-18/h2-3,5-6,8H,1,4,7,16H2. The fourth-order valence-electron chi connectivity index (χ4n) is 2.39. The van der Waals surface area contributed by atoms with E-state index < -0.39 is 23.2 Å². The van der Waals surface area contributed by atoms with Crippen molar-refractivity contribution in [1.29, 1.82) is 0 Å². The van der Waals surface area contributed by atoms with Crippen molar-refractivity contribution in [3.05, 3.63) is 35.1 Å². The molecular weight excluding hydrogens is 279 g/mol. The van der Waals surface area contributed by atoms with Crippen LogP contribution in [0.1, 0.15) is 33.6 Å². The third-order valence-corrected chi connectivity index (χ3v) is 3.56. The van der Waals surface area contributed by atoms with Gasteiger partial charge in [-0.1, -0.05) is 0 Å². The number of amides is 2. The summed E-state index contributed by atoms with van der Waals surface area (Å²) < 4.78 is 13.2. The summed E-state index contributed by atoms with van der Waals surface area (Å²) in [5.41, 5.74) is 3.88. The lowest BCUT2D eigenvalue weighted by Gasteiger charge is -2.34. The Morgan fingerprint density at radius 2 is 1.86 bits per heavy atom. The summed E-state index contributed by atoms with van der Waals surface area (Å²) in [5, 5.41) is 0. The lowest BCUT2D eigenvalue weighted by atomic mass is 9.93. The second-order valence-corrected chi connectivity index (χ2v) is 4.77. The highest BCUT2D eigenvalue weighted by atomic mass is 19.1. The van der Waals surface area contributed by atoms with Gasteiger partial charge in [0.05, 0.1) is 11.1 Å². The third kappa shape index (κ3) is 2.25. The minimum Gasteiger partial charge on any atom is -0.328 e. The molecule has 2 rings (SSSR count). The molecule has 1 heterocycles. The lowest BCUT2D eigenvalue weighted by molar-refractivity contribution is -0.116. The summed E-state index contributed by atoms with van der Waals surface area (Å²) in [5.74, 6) is -2.15. The van der Waals surface area contributed by atoms with Gasteiger partial charge in [0.15, 0.2) is 0 Å². The number of nitrogens with zero attached hydrogens (tertiary/aromatic N) is 1. The molecule has 0 fully saturated rings. The summed E-state index contributed by atoms with van der Waals surface area (Å²) >= 11 is 0. The molecule has 1 atom stereocenters. The highest BCUT2D eigenvalue weighted by molar-refractivity contribution is 6.22. The van der Waals surface area contributed by atoms with Crippen LogP contribution in [-0.4, -0.2) is 41.4 Å². The average molecular weight is 292 g/mol. The van der Waals surface area contributed by atoms with Crippen LogP contribution in [0.2, 0.25) is 0 Å². The molecule has 0 aromatic heterocycles. The predicted molar refractivity (Wildman–Crippen MR) is 70.0 cm³/mol. The van der Waals surface area contributed by atoms with Crippen LogP contribution in [0.4, 0.5) is 4.39 Å². The molecule has 1 aromatic rings. The van der Waals surface area contributed by atoms with Crippen LogP contribution in [-0.2, 0) is 9.59 Å². The first-order chi connectivity index (χ1) is 10.0. The van der Waals surface area contributed by atoms with Gasteiger partial charge in [-0.25, -0.2) is 4.39 Å². The maximum atomic E-state index is 13.2. The normalized spacial score (nSPS) is 16.6. The van der Waals surface area contributed by atoms with Gasteiger partial charge >= 0.3 is 0 Å². The Kier molecular flexibility index (Phi) is 3.95. The molecule has 110 valence electrons. The number of aldehydes is 2. The second kappa shape index (κ2) is 5.53. The zero-order valence-electron chi connectivity index (χ0n) is 11.0. The molecule has 1 aliphatic rings. The van der Waals surface area contributed by atoms with Gasteiger partial charge in [-0.3, -0.25) is 14.5 Å². The molecule has 2 N–H and O–H groups in total. The Labute approximate surface area is 119 Å². The summed E-state index contributed by atoms with van der Waals surface area (Å²) in [7, 11) is 0. The van der Waals surface area contributed by atoms with Crippen molar-refractivity contribution in [3.63, 3.8) is 0 Å². The number of hydrogen-bond donors (Lipinski definition) is 1. The topological polar surface area (TPSA) is 97.5 Å². The van der Waals surface area contributed by atoms with E-state index in [0.29, 0.717) is 12.6 Å². The molecule has 0 radical (unpaired) electrons. The summed E-state index contributed by atoms with van der Waals surface area (Å²) in [4.78, 5) is 47.4. The van der Waals surface area contributed by atoms with Gasteiger partial charge in [-0.2, -0.15) is 0 Å². The van der Waals surface area contributed by atoms with E-state index in [1.54, 1.807) is 0 Å². The number of fused-ring (bicyclic) bond motifs is 1. The van der Waals surface area contributed by atoms with Crippen molar-refractivity contribution in [2.75, 3.05) is 6.54 Å². The molecule has 1 aliphatic heterocycles. The Morgan fingerprint density at radius 1 is 1.19 bits per heavy atom. The van der Waals surface area contributed by atoms with Crippen LogP contribution in [0.25, 0.3) is 0 Å². The van der Waals surface area contributed by atoms with E-state index in [-0.39, 0.29) is 30.5 Å². The van der Waals surface area contributed by atoms with E-state index in [2.05, 4.69) is 0 Å². The van der Waals surface area contributed by atoms with Crippen LogP contribution in [0, 0.1) is 5.82 Å². The van der Waals surface area contributed by atoms with E-state index in [9.17, 15) is 23.6 Å². The van der Waals surface area contributed by atoms with Crippen molar-refractivity contribution in [1.82, 2.24) is 4.90 Å². The quantitative estimate of drug-likeness (QED) is 0.600. The molecule has 21 heavy (non-hydrogen) atoms. The molecule has 7 heteroatoms. The predicted octanol–water partition coefficient (Wildman–Crippen LogP) is 0.297. The van der Waals surface area contributed by atoms with Crippen molar-refractivity contribution < 1.29 is 23.6 Å². The van der Waals surface area contributed by atoms with Crippen molar-refractivity contribution in [3.8, 4) is 0 Å². The van der Waals surface area contributed by atoms with Gasteiger partial charge in [0.1, 0.15) is 23.9 Å². The van der Waals surface area contributed by atoms with Gasteiger partial charge in [-0.15, -0.1) is 0 Å². The van der Waals surface area contributed by atoms with Gasteiger partial charge in [0, 0.05) is 13.0 Å². The fraction of sp³-hybridized carbons (Fsp3) is 0.286. The highest BCUT2D eigenvalue weighted by Gasteiger charge is 2.48. The number of imide groups is 1. The van der Waals surface area contributed by atoms with E-state index >= 15 is 0 Å². The number of nitrogens with two attached hydrogens (primary N) is 1. The first kappa shape index (κ1) is 15.0. The van der Waals surface area contributed by atoms with Crippen LogP contribution < -0.4 is 5.73 Å². The van der Waals surface area contributed by atoms with E-state index in [1.165, 1.54) is 6.07 Å². The number of carbonyl (C=O) groups excluding carboxylic acids is 4. The molecule has 0 bridgehead atoms. The van der Waals surface area contributed by atoms with E-state index in [0.717, 1.165) is 17.0 Å². The Balaban J connectivity index is 2.49. The van der Waals surface area contributed by atoms with Gasteiger partial charge in [-0.05, 0) is 24.6 Å². The summed E-state index contributed by atoms with van der Waals surface area (Å²) in [6, 6.07) is 3.20. The zero-order chi connectivity index (χ0) is 15.6. The molecule has 1 unspecified atom stereocenters. The Morgan fingerprint density at radius 3 is 2.43 bits per heavy atom. The van der Waals surface area contributed by atoms with Crippen molar-refractivity contribution in [2.45, 2.75) is 18.4 Å². The van der Waals surface area contributed by atoms with Gasteiger partial charge in [0.25, 0.3) is 11.8 Å². The van der Waals surface area contributed by atoms with Crippen molar-refractivity contribution >= 4 is 24.4 Å². The van der Waals surface area contributed by atoms with Crippen LogP contribution in [0.5, 0.6) is 0 Å². The zero-order valence-corrected chi connectivity index (χ0v) is 11.0. The minimum absolute atomic E-state index is 0.0205. The maximum Gasteiger partial charge on any atom is 0.262 e. The molecule has 0 spiro atoms. The molecule has 2 amide bonds. The lowest BCUT2D eigenvalue weighted by Crippen LogP contribution is -2.57. The van der Waals surface area contributed by atoms with E-state index in [1.807, 2.05) is 0 Å². The van der Waals surface area contributed by atoms with Gasteiger partial charge in [0.2, 0.25) is 0 Å². The Hall–Kier alpha value is -2.41. The van der Waals surface area contributed by atoms with Gasteiger partial charge < -0.3 is 15.3 Å². The highest BCUT2D eigenvalue weighted by Crippen LogP contribution is 2.31. The van der Waals surface area contributed by atoms with Crippen LogP contribution in [0.15, 0.2) is 18.2 Å². The second-order valence-electron chi connectivity index (χ2n) is 4.77. The average Bonchev–Trinajstić information content (AvgIpc) is 2.73. The molecule has 0 saturated heterocycles. The van der Waals surface area contributed by atoms with Crippen molar-refractivity contribution in [2.24, 2.45) is 5.73 Å². The summed E-state index contributed by atoms with van der Waals surface area (Å²) in [6.07, 6.45) is 0.877. The number of hydrogen-bond acceptors (Lipinski definition) is 5. The molecule has 6 nitrogen and oxygen atoms in total. The van der Waals surface area contributed by atoms with Crippen LogP contribution in [0.3, 0.4) is 0 Å². The number of halogens is 1. The monoisotopic (exact) mass is 292 g/mol. The molecular formula is C14H13FN2O4. The molecule has 0 aliphatic carbocycles. The molecule has 0 saturated carbocycles. The SMILES string of the molecule is NCC(C=O)(CCC=O)N1C(=O)c2ccc(F)cc2C1=O. The number of rotatable bonds is 6. The maximum absolute atomic E-state index is 13.2. The largest absolute Gasteiger partial charge is 0.328 e. The minimum atomic E-state index is -1.59. The number of carbonyl (C=O) groups is 4. The first-order valence-electron chi connectivity index (χ1n) is 6.29. The first-order valence-corrected chi connectivity index (χ1v) is 6.29. The summed E-state index contributed by atoms with van der Waals surface area (Å²) in [6.45, 7) is -0.307. The van der Waals surface area contributed by atoms with E-state index in [4.69, 9.17) is 5.73 Å². The third-order valence-electron chi connectivity index (χ3n) is 3.56. The smallest absolute Gasteiger partial charge is 0.262 e.